The van der Waals surface area contributed by atoms with Crippen molar-refractivity contribution < 1.29 is 28.5 Å². The van der Waals surface area contributed by atoms with Gasteiger partial charge < -0.3 is 18.9 Å². The number of hydrogen-bond acceptors (Lipinski definition) is 6. The molecule has 2 heterocycles. The Morgan fingerprint density at radius 1 is 0.850 bits per heavy atom. The number of fused-ring (bicyclic) bond motifs is 3. The first kappa shape index (κ1) is 27.5. The first-order valence-corrected chi connectivity index (χ1v) is 14.8. The smallest absolute Gasteiger partial charge is 0.338 e. The molecule has 4 fully saturated rings. The SMILES string of the molecule is CC1C(C)[C@]2(C)C[C@@H]3O[C@]4(CC[C@@](C)(COC(=O)c5ccccc5)O4)[C@@H](C)[C@@H]3[C@@]2(C)[C@@H]1OC(=O)c1ccccc1. The van der Waals surface area contributed by atoms with Crippen molar-refractivity contribution in [2.75, 3.05) is 6.61 Å². The van der Waals surface area contributed by atoms with Crippen molar-refractivity contribution in [3.05, 3.63) is 71.8 Å². The number of carbonyl (C=O) groups is 2. The number of carbonyl (C=O) groups excluding carboxylic acids is 2. The highest BCUT2D eigenvalue weighted by Crippen LogP contribution is 2.75. The molecule has 2 saturated carbocycles. The summed E-state index contributed by atoms with van der Waals surface area (Å²) < 4.78 is 25.8. The molecule has 6 rings (SSSR count). The molecule has 0 bridgehead atoms. The minimum atomic E-state index is -0.739. The lowest BCUT2D eigenvalue weighted by Crippen LogP contribution is -2.49. The van der Waals surface area contributed by atoms with Gasteiger partial charge >= 0.3 is 11.9 Å². The molecule has 2 aliphatic carbocycles. The fraction of sp³-hybridized carbons (Fsp3) is 0.588. The van der Waals surface area contributed by atoms with Crippen LogP contribution in [0.25, 0.3) is 0 Å². The predicted octanol–water partition coefficient (Wildman–Crippen LogP) is 6.69. The molecule has 2 aromatic rings. The van der Waals surface area contributed by atoms with E-state index in [1.54, 1.807) is 12.1 Å². The Morgan fingerprint density at radius 3 is 2.08 bits per heavy atom. The summed E-state index contributed by atoms with van der Waals surface area (Å²) in [7, 11) is 0. The minimum absolute atomic E-state index is 0.0205. The number of hydrogen-bond donors (Lipinski definition) is 0. The molecular formula is C34H42O6. The number of rotatable bonds is 5. The van der Waals surface area contributed by atoms with Crippen LogP contribution in [0.15, 0.2) is 60.7 Å². The molecule has 6 nitrogen and oxygen atoms in total. The summed E-state index contributed by atoms with van der Waals surface area (Å²) in [6.45, 7) is 13.7. The van der Waals surface area contributed by atoms with Gasteiger partial charge in [-0.3, -0.25) is 0 Å². The predicted molar refractivity (Wildman–Crippen MR) is 151 cm³/mol. The van der Waals surface area contributed by atoms with E-state index >= 15 is 0 Å². The average molecular weight is 547 g/mol. The molecule has 0 amide bonds. The Bertz CT molecular complexity index is 1280. The van der Waals surface area contributed by atoms with Crippen molar-refractivity contribution in [3.8, 4) is 0 Å². The van der Waals surface area contributed by atoms with Crippen LogP contribution in [-0.2, 0) is 18.9 Å². The van der Waals surface area contributed by atoms with E-state index < -0.39 is 11.4 Å². The van der Waals surface area contributed by atoms with Crippen molar-refractivity contribution in [1.29, 1.82) is 0 Å². The molecule has 214 valence electrons. The van der Waals surface area contributed by atoms with Gasteiger partial charge in [-0.2, -0.15) is 0 Å². The lowest BCUT2D eigenvalue weighted by atomic mass is 9.60. The zero-order valence-electron chi connectivity index (χ0n) is 24.5. The van der Waals surface area contributed by atoms with Gasteiger partial charge in [0.15, 0.2) is 5.79 Å². The van der Waals surface area contributed by atoms with E-state index in [0.29, 0.717) is 17.0 Å². The zero-order chi connectivity index (χ0) is 28.5. The Balaban J connectivity index is 1.22. The van der Waals surface area contributed by atoms with Crippen LogP contribution in [0.3, 0.4) is 0 Å². The normalized spacial score (nSPS) is 43.5. The molecule has 0 radical (unpaired) electrons. The summed E-state index contributed by atoms with van der Waals surface area (Å²) in [6.07, 6.45) is 2.19. The highest BCUT2D eigenvalue weighted by atomic mass is 16.7. The van der Waals surface area contributed by atoms with E-state index in [1.165, 1.54) is 0 Å². The van der Waals surface area contributed by atoms with Crippen molar-refractivity contribution >= 4 is 11.9 Å². The maximum Gasteiger partial charge on any atom is 0.338 e. The van der Waals surface area contributed by atoms with Crippen LogP contribution in [-0.4, -0.2) is 42.1 Å². The largest absolute Gasteiger partial charge is 0.459 e. The maximum atomic E-state index is 13.3. The molecular weight excluding hydrogens is 504 g/mol. The Hall–Kier alpha value is -2.70. The molecule has 10 atom stereocenters. The van der Waals surface area contributed by atoms with E-state index in [9.17, 15) is 9.59 Å². The summed E-state index contributed by atoms with van der Waals surface area (Å²) in [5, 5.41) is 0. The summed E-state index contributed by atoms with van der Waals surface area (Å²) in [6, 6.07) is 18.3. The lowest BCUT2D eigenvalue weighted by Gasteiger charge is -2.46. The fourth-order valence-corrected chi connectivity index (χ4v) is 9.03. The maximum absolute atomic E-state index is 13.3. The summed E-state index contributed by atoms with van der Waals surface area (Å²) in [5.74, 6) is -0.487. The molecule has 2 unspecified atom stereocenters. The standard InChI is InChI=1S/C34H42O6/c1-21-22(2)32(5)19-26-27(33(32,6)28(21)38-30(36)25-15-11-8-12-16-25)23(3)34(39-26)18-17-31(4,40-34)20-37-29(35)24-13-9-7-10-14-24/h7-16,21-23,26-28H,17-20H2,1-6H3/t21?,22?,23-,26-,27-,28+,31-,32-,33-,34-/m0/s1. The van der Waals surface area contributed by atoms with Gasteiger partial charge in [-0.15, -0.1) is 0 Å². The fourth-order valence-electron chi connectivity index (χ4n) is 9.03. The number of ether oxygens (including phenoxy) is 4. The van der Waals surface area contributed by atoms with Crippen molar-refractivity contribution in [3.63, 3.8) is 0 Å². The molecule has 0 N–H and O–H groups in total. The van der Waals surface area contributed by atoms with Gasteiger partial charge in [-0.1, -0.05) is 71.0 Å². The minimum Gasteiger partial charge on any atom is -0.459 e. The van der Waals surface area contributed by atoms with Crippen LogP contribution in [0.1, 0.15) is 81.5 Å². The topological polar surface area (TPSA) is 71.1 Å². The Kier molecular flexibility index (Phi) is 6.47. The second-order valence-corrected chi connectivity index (χ2v) is 13.5. The van der Waals surface area contributed by atoms with Crippen LogP contribution in [0.5, 0.6) is 0 Å². The molecule has 2 aliphatic heterocycles. The van der Waals surface area contributed by atoms with Gasteiger partial charge in [0.2, 0.25) is 0 Å². The first-order valence-electron chi connectivity index (χ1n) is 14.8. The monoisotopic (exact) mass is 546 g/mol. The highest BCUT2D eigenvalue weighted by Gasteiger charge is 2.77. The van der Waals surface area contributed by atoms with Crippen molar-refractivity contribution in [2.24, 2.45) is 34.5 Å². The number of esters is 2. The first-order chi connectivity index (χ1) is 18.9. The summed E-state index contributed by atoms with van der Waals surface area (Å²) in [4.78, 5) is 25.9. The number of benzene rings is 2. The van der Waals surface area contributed by atoms with Gasteiger partial charge in [-0.05, 0) is 61.3 Å². The molecule has 4 aliphatic rings. The van der Waals surface area contributed by atoms with Crippen LogP contribution in [0.2, 0.25) is 0 Å². The van der Waals surface area contributed by atoms with Crippen LogP contribution >= 0.6 is 0 Å². The van der Waals surface area contributed by atoms with E-state index in [2.05, 4.69) is 34.6 Å². The van der Waals surface area contributed by atoms with E-state index in [1.807, 2.05) is 55.5 Å². The van der Waals surface area contributed by atoms with E-state index in [-0.39, 0.29) is 59.3 Å². The Morgan fingerprint density at radius 2 is 1.45 bits per heavy atom. The zero-order valence-corrected chi connectivity index (χ0v) is 24.5. The highest BCUT2D eigenvalue weighted by molar-refractivity contribution is 5.89. The van der Waals surface area contributed by atoms with Crippen molar-refractivity contribution in [1.82, 2.24) is 0 Å². The van der Waals surface area contributed by atoms with E-state index in [4.69, 9.17) is 18.9 Å². The van der Waals surface area contributed by atoms with Crippen molar-refractivity contribution in [2.45, 2.75) is 84.4 Å². The van der Waals surface area contributed by atoms with Crippen LogP contribution in [0, 0.1) is 34.5 Å². The molecule has 2 aromatic carbocycles. The second kappa shape index (κ2) is 9.42. The Labute approximate surface area is 237 Å². The quantitative estimate of drug-likeness (QED) is 0.389. The van der Waals surface area contributed by atoms with Crippen LogP contribution < -0.4 is 0 Å². The second-order valence-electron chi connectivity index (χ2n) is 13.5. The third-order valence-electron chi connectivity index (χ3n) is 11.6. The third kappa shape index (κ3) is 3.89. The van der Waals surface area contributed by atoms with Gasteiger partial charge in [-0.25, -0.2) is 9.59 Å². The summed E-state index contributed by atoms with van der Waals surface area (Å²) in [5.41, 5.74) is 0.183. The van der Waals surface area contributed by atoms with Gasteiger partial charge in [0.1, 0.15) is 18.3 Å². The molecule has 2 saturated heterocycles. The molecule has 1 spiro atoms. The average Bonchev–Trinajstić information content (AvgIpc) is 3.55. The molecule has 0 aromatic heterocycles. The van der Waals surface area contributed by atoms with Crippen LogP contribution in [0.4, 0.5) is 0 Å². The van der Waals surface area contributed by atoms with Gasteiger partial charge in [0.25, 0.3) is 0 Å². The lowest BCUT2D eigenvalue weighted by molar-refractivity contribution is -0.262. The molecule has 6 heteroatoms. The summed E-state index contributed by atoms with van der Waals surface area (Å²) >= 11 is 0. The molecule has 40 heavy (non-hydrogen) atoms. The van der Waals surface area contributed by atoms with E-state index in [0.717, 1.165) is 19.3 Å². The van der Waals surface area contributed by atoms with Gasteiger partial charge in [0.05, 0.1) is 17.2 Å². The third-order valence-corrected chi connectivity index (χ3v) is 11.6. The van der Waals surface area contributed by atoms with Gasteiger partial charge in [0, 0.05) is 23.7 Å².